The van der Waals surface area contributed by atoms with E-state index in [9.17, 15) is 13.2 Å². The molecule has 0 spiro atoms. The fourth-order valence-electron chi connectivity index (χ4n) is 1.70. The van der Waals surface area contributed by atoms with E-state index in [4.69, 9.17) is 11.6 Å². The molecule has 1 aliphatic heterocycles. The number of rotatable bonds is 2. The fourth-order valence-corrected chi connectivity index (χ4v) is 1.92. The molecule has 0 unspecified atom stereocenters. The summed E-state index contributed by atoms with van der Waals surface area (Å²) in [4.78, 5) is 8.28. The molecule has 0 N–H and O–H groups in total. The molecule has 5 nitrogen and oxygen atoms in total. The van der Waals surface area contributed by atoms with Gasteiger partial charge in [-0.15, -0.1) is 18.6 Å². The first-order valence-corrected chi connectivity index (χ1v) is 5.97. The Kier molecular flexibility index (Phi) is 3.17. The predicted molar refractivity (Wildman–Crippen MR) is 68.5 cm³/mol. The Morgan fingerprint density at radius 3 is 2.71 bits per heavy atom. The first-order chi connectivity index (χ1) is 9.92. The van der Waals surface area contributed by atoms with Gasteiger partial charge in [0.1, 0.15) is 11.4 Å². The third-order valence-corrected chi connectivity index (χ3v) is 2.86. The van der Waals surface area contributed by atoms with Gasteiger partial charge < -0.3 is 4.74 Å². The number of ether oxygens (including phenoxy) is 1. The van der Waals surface area contributed by atoms with Crippen molar-refractivity contribution < 1.29 is 17.9 Å². The van der Waals surface area contributed by atoms with Gasteiger partial charge in [-0.25, -0.2) is 9.97 Å². The Morgan fingerprint density at radius 1 is 1.19 bits per heavy atom. The number of benzene rings is 1. The van der Waals surface area contributed by atoms with E-state index in [-0.39, 0.29) is 5.02 Å². The summed E-state index contributed by atoms with van der Waals surface area (Å²) >= 11 is 5.78. The molecule has 0 amide bonds. The maximum atomic E-state index is 12.2. The number of nitrogens with zero attached hydrogens (tertiary/aromatic N) is 4. The van der Waals surface area contributed by atoms with Gasteiger partial charge in [0.25, 0.3) is 0 Å². The highest BCUT2D eigenvalue weighted by molar-refractivity contribution is 6.32. The van der Waals surface area contributed by atoms with Crippen LogP contribution >= 0.6 is 11.6 Å². The second-order valence-electron chi connectivity index (χ2n) is 4.00. The standard InChI is InChI=1S/C12H5ClF3N4O/c13-7-3-6(1-2-10(7)21-12(14,15)16)8-4-17-9-5-18-20-11(9)19-8/h1-5H. The molecule has 1 aromatic carbocycles. The molecule has 0 atom stereocenters. The summed E-state index contributed by atoms with van der Waals surface area (Å²) < 4.78 is 40.3. The Balaban J connectivity index is 1.92. The molecule has 0 bridgehead atoms. The van der Waals surface area contributed by atoms with Crippen molar-refractivity contribution in [1.82, 2.24) is 15.4 Å². The minimum atomic E-state index is -4.80. The topological polar surface area (TPSA) is 61.5 Å². The minimum Gasteiger partial charge on any atom is -0.404 e. The van der Waals surface area contributed by atoms with Crippen molar-refractivity contribution in [2.24, 2.45) is 5.10 Å². The number of aromatic nitrogens is 2. The second kappa shape index (κ2) is 4.88. The highest BCUT2D eigenvalue weighted by Crippen LogP contribution is 2.33. The number of halogens is 4. The molecule has 1 aliphatic rings. The summed E-state index contributed by atoms with van der Waals surface area (Å²) in [6.07, 6.45) is -1.88. The average Bonchev–Trinajstić information content (AvgIpc) is 2.87. The zero-order chi connectivity index (χ0) is 15.0. The van der Waals surface area contributed by atoms with Gasteiger partial charge in [0, 0.05) is 5.56 Å². The molecular weight excluding hydrogens is 309 g/mol. The highest BCUT2D eigenvalue weighted by atomic mass is 35.5. The molecule has 0 saturated carbocycles. The van der Waals surface area contributed by atoms with Crippen molar-refractivity contribution in [3.63, 3.8) is 0 Å². The van der Waals surface area contributed by atoms with Crippen LogP contribution in [0.3, 0.4) is 0 Å². The van der Waals surface area contributed by atoms with Crippen LogP contribution < -0.4 is 10.2 Å². The van der Waals surface area contributed by atoms with Crippen LogP contribution in [0.1, 0.15) is 5.69 Å². The first kappa shape index (κ1) is 13.6. The Hall–Kier alpha value is -2.35. The van der Waals surface area contributed by atoms with Crippen LogP contribution in [0.2, 0.25) is 5.02 Å². The number of hydrogen-bond acceptors (Lipinski definition) is 4. The first-order valence-electron chi connectivity index (χ1n) is 5.59. The van der Waals surface area contributed by atoms with Gasteiger partial charge in [0.15, 0.2) is 0 Å². The van der Waals surface area contributed by atoms with Gasteiger partial charge in [-0.2, -0.15) is 5.10 Å². The third-order valence-electron chi connectivity index (χ3n) is 2.57. The van der Waals surface area contributed by atoms with Gasteiger partial charge in [0.05, 0.1) is 23.1 Å². The van der Waals surface area contributed by atoms with Gasteiger partial charge in [-0.3, -0.25) is 0 Å². The maximum absolute atomic E-state index is 12.2. The maximum Gasteiger partial charge on any atom is 0.573 e. The number of fused-ring (bicyclic) bond motifs is 1. The van der Waals surface area contributed by atoms with E-state index in [1.807, 2.05) is 0 Å². The van der Waals surface area contributed by atoms with Gasteiger partial charge in [-0.05, 0) is 18.2 Å². The smallest absolute Gasteiger partial charge is 0.404 e. The molecule has 0 saturated heterocycles. The van der Waals surface area contributed by atoms with Crippen molar-refractivity contribution in [2.75, 3.05) is 0 Å². The zero-order valence-electron chi connectivity index (χ0n) is 10.1. The molecule has 2 aromatic rings. The lowest BCUT2D eigenvalue weighted by Crippen LogP contribution is -2.17. The fraction of sp³-hybridized carbons (Fsp3) is 0.0833. The SMILES string of the molecule is FC(F)(F)Oc1ccc(-c2cnc3c(n2)[N]N=C3)cc1Cl. The molecule has 2 heterocycles. The van der Waals surface area contributed by atoms with Crippen LogP contribution in [0.15, 0.2) is 29.5 Å². The van der Waals surface area contributed by atoms with Crippen molar-refractivity contribution in [2.45, 2.75) is 6.36 Å². The Morgan fingerprint density at radius 2 is 2.00 bits per heavy atom. The zero-order valence-corrected chi connectivity index (χ0v) is 10.9. The molecule has 0 fully saturated rings. The summed E-state index contributed by atoms with van der Waals surface area (Å²) in [7, 11) is 0. The van der Waals surface area contributed by atoms with E-state index >= 15 is 0 Å². The van der Waals surface area contributed by atoms with Crippen molar-refractivity contribution >= 4 is 23.6 Å². The van der Waals surface area contributed by atoms with E-state index in [1.165, 1.54) is 24.5 Å². The predicted octanol–water partition coefficient (Wildman–Crippen LogP) is 3.28. The highest BCUT2D eigenvalue weighted by Gasteiger charge is 2.32. The quantitative estimate of drug-likeness (QED) is 0.854. The summed E-state index contributed by atoms with van der Waals surface area (Å²) in [5.41, 5.74) is 5.21. The van der Waals surface area contributed by atoms with Crippen LogP contribution in [0.25, 0.3) is 11.3 Å². The second-order valence-corrected chi connectivity index (χ2v) is 4.41. The molecule has 0 aliphatic carbocycles. The molecule has 1 radical (unpaired) electrons. The summed E-state index contributed by atoms with van der Waals surface area (Å²) in [6, 6.07) is 3.84. The lowest BCUT2D eigenvalue weighted by molar-refractivity contribution is -0.274. The van der Waals surface area contributed by atoms with E-state index in [0.717, 1.165) is 6.07 Å². The Bertz CT molecular complexity index is 733. The van der Waals surface area contributed by atoms with E-state index < -0.39 is 12.1 Å². The number of hydrogen-bond donors (Lipinski definition) is 0. The van der Waals surface area contributed by atoms with Gasteiger partial charge in [0.2, 0.25) is 5.82 Å². The van der Waals surface area contributed by atoms with Crippen molar-refractivity contribution in [1.29, 1.82) is 0 Å². The normalized spacial score (nSPS) is 13.0. The number of alkyl halides is 3. The van der Waals surface area contributed by atoms with Crippen LogP contribution in [0, 0.1) is 0 Å². The molecule has 107 valence electrons. The summed E-state index contributed by atoms with van der Waals surface area (Å²) in [5.74, 6) is -0.130. The monoisotopic (exact) mass is 313 g/mol. The summed E-state index contributed by atoms with van der Waals surface area (Å²) in [5, 5.41) is 3.48. The molecule has 1 aromatic heterocycles. The molecular formula is C12H5ClF3N4O. The largest absolute Gasteiger partial charge is 0.573 e. The summed E-state index contributed by atoms with van der Waals surface area (Å²) in [6.45, 7) is 0. The van der Waals surface area contributed by atoms with Crippen LogP contribution in [-0.2, 0) is 0 Å². The average molecular weight is 314 g/mol. The van der Waals surface area contributed by atoms with E-state index in [0.29, 0.717) is 22.8 Å². The lowest BCUT2D eigenvalue weighted by Gasteiger charge is -2.11. The minimum absolute atomic E-state index is 0.180. The lowest BCUT2D eigenvalue weighted by atomic mass is 10.1. The van der Waals surface area contributed by atoms with Crippen LogP contribution in [0.5, 0.6) is 5.75 Å². The van der Waals surface area contributed by atoms with Gasteiger partial charge >= 0.3 is 6.36 Å². The molecule has 21 heavy (non-hydrogen) atoms. The van der Waals surface area contributed by atoms with Gasteiger partial charge in [-0.1, -0.05) is 11.6 Å². The third kappa shape index (κ3) is 2.89. The van der Waals surface area contributed by atoms with Crippen molar-refractivity contribution in [3.05, 3.63) is 35.1 Å². The van der Waals surface area contributed by atoms with E-state index in [1.54, 1.807) is 0 Å². The van der Waals surface area contributed by atoms with Crippen molar-refractivity contribution in [3.8, 4) is 17.0 Å². The van der Waals surface area contributed by atoms with Crippen LogP contribution in [0.4, 0.5) is 19.0 Å². The Labute approximate surface area is 121 Å². The van der Waals surface area contributed by atoms with E-state index in [2.05, 4.69) is 25.2 Å². The molecule has 9 heteroatoms. The van der Waals surface area contributed by atoms with Crippen LogP contribution in [-0.4, -0.2) is 22.5 Å². The molecule has 3 rings (SSSR count).